The summed E-state index contributed by atoms with van der Waals surface area (Å²) in [6.07, 6.45) is 1.39. The van der Waals surface area contributed by atoms with E-state index in [4.69, 9.17) is 9.84 Å². The quantitative estimate of drug-likeness (QED) is 0.243. The number of aryl methyl sites for hydroxylation is 1. The average Bonchev–Trinajstić information content (AvgIpc) is 2.95. The van der Waals surface area contributed by atoms with Crippen LogP contribution in [0.15, 0.2) is 97.1 Å². The number of para-hydroxylation sites is 1. The van der Waals surface area contributed by atoms with E-state index >= 15 is 0 Å². The Kier molecular flexibility index (Phi) is 7.31. The van der Waals surface area contributed by atoms with E-state index in [-0.39, 0.29) is 12.3 Å². The van der Waals surface area contributed by atoms with Gasteiger partial charge in [0.05, 0.1) is 11.2 Å². The van der Waals surface area contributed by atoms with Gasteiger partial charge in [0.2, 0.25) is 0 Å². The van der Waals surface area contributed by atoms with E-state index in [1.807, 2.05) is 78.9 Å². The van der Waals surface area contributed by atoms with Crippen LogP contribution in [0.5, 0.6) is 5.75 Å². The number of carboxylic acids is 1. The second kappa shape index (κ2) is 11.1. The van der Waals surface area contributed by atoms with E-state index in [9.17, 15) is 9.59 Å². The van der Waals surface area contributed by atoms with Gasteiger partial charge in [0.1, 0.15) is 12.4 Å². The van der Waals surface area contributed by atoms with Crippen molar-refractivity contribution in [1.29, 1.82) is 0 Å². The molecule has 1 aromatic heterocycles. The van der Waals surface area contributed by atoms with E-state index in [1.165, 1.54) is 0 Å². The van der Waals surface area contributed by atoms with Crippen LogP contribution in [0, 0.1) is 0 Å². The first-order chi connectivity index (χ1) is 18.5. The maximum atomic E-state index is 13.1. The molecule has 0 radical (unpaired) electrons. The highest BCUT2D eigenvalue weighted by Crippen LogP contribution is 2.27. The van der Waals surface area contributed by atoms with Crippen molar-refractivity contribution in [3.05, 3.63) is 114 Å². The van der Waals surface area contributed by atoms with Crippen molar-refractivity contribution in [3.63, 3.8) is 0 Å². The van der Waals surface area contributed by atoms with Crippen molar-refractivity contribution in [1.82, 2.24) is 4.98 Å². The molecule has 0 atom stereocenters. The SMILES string of the molecule is CN(C(=O)c1ccc(CCCC(=O)O)cc1)c1ccc2cc(OCc3ccc4ccccc4n3)ccc2c1. The highest BCUT2D eigenvalue weighted by molar-refractivity contribution is 6.06. The summed E-state index contributed by atoms with van der Waals surface area (Å²) >= 11 is 0. The molecule has 0 fully saturated rings. The normalized spacial score (nSPS) is 11.0. The zero-order chi connectivity index (χ0) is 26.5. The van der Waals surface area contributed by atoms with Crippen LogP contribution in [0.25, 0.3) is 21.7 Å². The second-order valence-corrected chi connectivity index (χ2v) is 9.29. The molecule has 5 aromatic rings. The fraction of sp³-hybridized carbons (Fsp3) is 0.156. The summed E-state index contributed by atoms with van der Waals surface area (Å²) in [5, 5.41) is 11.9. The molecule has 1 N–H and O–H groups in total. The maximum absolute atomic E-state index is 13.1. The van der Waals surface area contributed by atoms with E-state index in [2.05, 4.69) is 11.1 Å². The minimum absolute atomic E-state index is 0.107. The lowest BCUT2D eigenvalue weighted by atomic mass is 10.0. The minimum Gasteiger partial charge on any atom is -0.487 e. The van der Waals surface area contributed by atoms with Crippen LogP contribution in [0.2, 0.25) is 0 Å². The van der Waals surface area contributed by atoms with Crippen LogP contribution in [0.1, 0.15) is 34.5 Å². The molecule has 6 heteroatoms. The zero-order valence-electron chi connectivity index (χ0n) is 21.1. The number of aromatic nitrogens is 1. The number of benzene rings is 4. The first-order valence-electron chi connectivity index (χ1n) is 12.6. The Morgan fingerprint density at radius 1 is 0.842 bits per heavy atom. The summed E-state index contributed by atoms with van der Waals surface area (Å²) in [6, 6.07) is 31.2. The lowest BCUT2D eigenvalue weighted by Crippen LogP contribution is -2.26. The molecule has 0 aliphatic carbocycles. The first kappa shape index (κ1) is 25.0. The first-order valence-corrected chi connectivity index (χ1v) is 12.6. The predicted molar refractivity (Wildman–Crippen MR) is 150 cm³/mol. The smallest absolute Gasteiger partial charge is 0.303 e. The number of carboxylic acid groups (broad SMARTS) is 1. The van der Waals surface area contributed by atoms with Gasteiger partial charge in [-0.25, -0.2) is 4.98 Å². The molecule has 0 spiro atoms. The Hall–Kier alpha value is -4.71. The van der Waals surface area contributed by atoms with Crippen LogP contribution in [-0.4, -0.2) is 29.0 Å². The number of fused-ring (bicyclic) bond motifs is 2. The number of nitrogens with zero attached hydrogens (tertiary/aromatic N) is 2. The molecule has 0 saturated carbocycles. The Balaban J connectivity index is 1.24. The standard InChI is InChI=1S/C32H28N2O4/c1-34(32(37)24-11-9-22(10-12-24)5-4-8-31(35)36)28-17-14-26-20-29(18-15-25(26)19-28)38-21-27-16-13-23-6-2-3-7-30(23)33-27/h2-3,6-7,9-20H,4-5,8,21H2,1H3,(H,35,36). The molecule has 4 aromatic carbocycles. The van der Waals surface area contributed by atoms with Gasteiger partial charge in [0.25, 0.3) is 5.91 Å². The Labute approximate surface area is 221 Å². The monoisotopic (exact) mass is 504 g/mol. The molecule has 0 bridgehead atoms. The number of anilines is 1. The summed E-state index contributed by atoms with van der Waals surface area (Å²) in [5.74, 6) is -0.145. The van der Waals surface area contributed by atoms with E-state index in [0.29, 0.717) is 25.0 Å². The second-order valence-electron chi connectivity index (χ2n) is 9.29. The van der Waals surface area contributed by atoms with E-state index < -0.39 is 5.97 Å². The molecule has 0 aliphatic rings. The molecule has 0 aliphatic heterocycles. The molecule has 38 heavy (non-hydrogen) atoms. The molecule has 1 amide bonds. The third-order valence-electron chi connectivity index (χ3n) is 6.59. The van der Waals surface area contributed by atoms with Gasteiger partial charge in [0.15, 0.2) is 0 Å². The lowest BCUT2D eigenvalue weighted by molar-refractivity contribution is -0.137. The summed E-state index contributed by atoms with van der Waals surface area (Å²) in [5.41, 5.74) is 4.21. The Bertz CT molecular complexity index is 1610. The molecule has 0 saturated heterocycles. The topological polar surface area (TPSA) is 79.7 Å². The number of pyridine rings is 1. The van der Waals surface area contributed by atoms with Crippen molar-refractivity contribution >= 4 is 39.2 Å². The van der Waals surface area contributed by atoms with Gasteiger partial charge in [-0.2, -0.15) is 0 Å². The fourth-order valence-corrected chi connectivity index (χ4v) is 4.42. The van der Waals surface area contributed by atoms with Crippen LogP contribution in [0.3, 0.4) is 0 Å². The third kappa shape index (κ3) is 5.81. The van der Waals surface area contributed by atoms with Gasteiger partial charge in [-0.3, -0.25) is 9.59 Å². The van der Waals surface area contributed by atoms with Crippen molar-refractivity contribution < 1.29 is 19.4 Å². The van der Waals surface area contributed by atoms with Crippen molar-refractivity contribution in [3.8, 4) is 5.75 Å². The number of rotatable bonds is 9. The molecule has 190 valence electrons. The maximum Gasteiger partial charge on any atom is 0.303 e. The van der Waals surface area contributed by atoms with Crippen LogP contribution in [0.4, 0.5) is 5.69 Å². The van der Waals surface area contributed by atoms with Gasteiger partial charge in [-0.05, 0) is 77.7 Å². The molecule has 6 nitrogen and oxygen atoms in total. The number of aliphatic carboxylic acids is 1. The Morgan fingerprint density at radius 2 is 1.58 bits per heavy atom. The number of carbonyl (C=O) groups is 2. The van der Waals surface area contributed by atoms with Crippen molar-refractivity contribution in [2.24, 2.45) is 0 Å². The van der Waals surface area contributed by atoms with Crippen LogP contribution < -0.4 is 9.64 Å². The highest BCUT2D eigenvalue weighted by Gasteiger charge is 2.14. The lowest BCUT2D eigenvalue weighted by Gasteiger charge is -2.18. The summed E-state index contributed by atoms with van der Waals surface area (Å²) in [7, 11) is 1.76. The van der Waals surface area contributed by atoms with Crippen molar-refractivity contribution in [2.75, 3.05) is 11.9 Å². The van der Waals surface area contributed by atoms with Crippen molar-refractivity contribution in [2.45, 2.75) is 25.9 Å². The third-order valence-corrected chi connectivity index (χ3v) is 6.59. The van der Waals surface area contributed by atoms with Crippen LogP contribution in [-0.2, 0) is 17.8 Å². The Morgan fingerprint density at radius 3 is 2.39 bits per heavy atom. The fourth-order valence-electron chi connectivity index (χ4n) is 4.42. The zero-order valence-corrected chi connectivity index (χ0v) is 21.1. The molecular formula is C32H28N2O4. The van der Waals surface area contributed by atoms with Gasteiger partial charge in [-0.15, -0.1) is 0 Å². The number of amides is 1. The van der Waals surface area contributed by atoms with Gasteiger partial charge in [0, 0.05) is 30.1 Å². The largest absolute Gasteiger partial charge is 0.487 e. The molecule has 0 unspecified atom stereocenters. The van der Waals surface area contributed by atoms with Crippen LogP contribution >= 0.6 is 0 Å². The number of hydrogen-bond acceptors (Lipinski definition) is 4. The predicted octanol–water partition coefficient (Wildman–Crippen LogP) is 6.65. The number of hydrogen-bond donors (Lipinski definition) is 1. The summed E-state index contributed by atoms with van der Waals surface area (Å²) < 4.78 is 6.01. The van der Waals surface area contributed by atoms with Gasteiger partial charge in [-0.1, -0.05) is 48.5 Å². The molecule has 1 heterocycles. The number of ether oxygens (including phenoxy) is 1. The number of carbonyl (C=O) groups excluding carboxylic acids is 1. The van der Waals surface area contributed by atoms with E-state index in [0.717, 1.165) is 44.4 Å². The molecular weight excluding hydrogens is 476 g/mol. The van der Waals surface area contributed by atoms with Gasteiger partial charge >= 0.3 is 5.97 Å². The highest BCUT2D eigenvalue weighted by atomic mass is 16.5. The summed E-state index contributed by atoms with van der Waals surface area (Å²) in [6.45, 7) is 0.379. The summed E-state index contributed by atoms with van der Waals surface area (Å²) in [4.78, 5) is 30.1. The average molecular weight is 505 g/mol. The molecule has 5 rings (SSSR count). The van der Waals surface area contributed by atoms with E-state index in [1.54, 1.807) is 24.1 Å². The van der Waals surface area contributed by atoms with Gasteiger partial charge < -0.3 is 14.7 Å². The minimum atomic E-state index is -0.795.